The molecule has 1 aliphatic rings. The topological polar surface area (TPSA) is 93.1 Å². The lowest BCUT2D eigenvalue weighted by molar-refractivity contribution is -0.156. The maximum atomic E-state index is 14.4. The highest BCUT2D eigenvalue weighted by Gasteiger charge is 2.39. The van der Waals surface area contributed by atoms with Crippen LogP contribution in [0.4, 0.5) is 17.6 Å². The van der Waals surface area contributed by atoms with Crippen molar-refractivity contribution in [2.24, 2.45) is 11.3 Å². The van der Waals surface area contributed by atoms with E-state index in [2.05, 4.69) is 0 Å². The van der Waals surface area contributed by atoms with Gasteiger partial charge >= 0.3 is 18.1 Å². The van der Waals surface area contributed by atoms with Crippen LogP contribution in [-0.4, -0.2) is 28.8 Å². The molecular formula is C27H28F4O6. The summed E-state index contributed by atoms with van der Waals surface area (Å²) in [7, 11) is 0. The van der Waals surface area contributed by atoms with Crippen LogP contribution in [0.5, 0.6) is 0 Å². The Morgan fingerprint density at radius 1 is 1.16 bits per heavy atom. The quantitative estimate of drug-likeness (QED) is 0.314. The van der Waals surface area contributed by atoms with Gasteiger partial charge in [0.05, 0.1) is 29.3 Å². The average molecular weight is 525 g/mol. The minimum Gasteiger partial charge on any atom is -0.488 e. The van der Waals surface area contributed by atoms with Crippen molar-refractivity contribution in [3.05, 3.63) is 76.1 Å². The molecule has 0 radical (unpaired) electrons. The molecule has 0 heterocycles. The van der Waals surface area contributed by atoms with E-state index >= 15 is 0 Å². The van der Waals surface area contributed by atoms with Crippen LogP contribution in [0.25, 0.3) is 5.76 Å². The molecule has 0 bridgehead atoms. The zero-order valence-electron chi connectivity index (χ0n) is 20.6. The SMILES string of the molecule is CCC(C)(C(=O)O)C(C)COC(=O)C1=C(OCc2ccc(C(F)(F)F)cc2F)c2ccccc2C(O)C1. The zero-order chi connectivity index (χ0) is 27.5. The zero-order valence-corrected chi connectivity index (χ0v) is 20.6. The summed E-state index contributed by atoms with van der Waals surface area (Å²) in [5.74, 6) is -3.51. The summed E-state index contributed by atoms with van der Waals surface area (Å²) in [5, 5.41) is 20.2. The second-order valence-electron chi connectivity index (χ2n) is 9.28. The summed E-state index contributed by atoms with van der Waals surface area (Å²) in [6.07, 6.45) is -5.64. The Balaban J connectivity index is 1.89. The number of carbonyl (C=O) groups excluding carboxylic acids is 1. The van der Waals surface area contributed by atoms with E-state index in [1.807, 2.05) is 0 Å². The molecule has 0 fully saturated rings. The number of ether oxygens (including phenoxy) is 2. The lowest BCUT2D eigenvalue weighted by Gasteiger charge is -2.30. The third-order valence-electron chi connectivity index (χ3n) is 7.01. The number of carboxylic acid groups (broad SMARTS) is 1. The van der Waals surface area contributed by atoms with Gasteiger partial charge in [-0.15, -0.1) is 0 Å². The Morgan fingerprint density at radius 2 is 1.84 bits per heavy atom. The first kappa shape index (κ1) is 28.2. The number of hydrogen-bond acceptors (Lipinski definition) is 5. The first-order valence-corrected chi connectivity index (χ1v) is 11.7. The van der Waals surface area contributed by atoms with Crippen LogP contribution in [0.15, 0.2) is 48.0 Å². The van der Waals surface area contributed by atoms with Crippen molar-refractivity contribution in [1.29, 1.82) is 0 Å². The monoisotopic (exact) mass is 524 g/mol. The maximum absolute atomic E-state index is 14.4. The normalized spacial score (nSPS) is 18.0. The molecule has 2 aromatic rings. The third kappa shape index (κ3) is 5.95. The van der Waals surface area contributed by atoms with Gasteiger partial charge in [-0.3, -0.25) is 4.79 Å². The maximum Gasteiger partial charge on any atom is 0.416 e. The summed E-state index contributed by atoms with van der Waals surface area (Å²) in [4.78, 5) is 24.8. The van der Waals surface area contributed by atoms with E-state index < -0.39 is 53.5 Å². The molecule has 3 atom stereocenters. The van der Waals surface area contributed by atoms with Crippen LogP contribution in [0.1, 0.15) is 62.0 Å². The predicted octanol–water partition coefficient (Wildman–Crippen LogP) is 5.89. The molecule has 3 unspecified atom stereocenters. The van der Waals surface area contributed by atoms with Crippen molar-refractivity contribution in [2.45, 2.75) is 52.5 Å². The van der Waals surface area contributed by atoms with E-state index in [4.69, 9.17) is 9.47 Å². The molecule has 10 heteroatoms. The number of carboxylic acids is 1. The number of hydrogen-bond donors (Lipinski definition) is 2. The standard InChI is InChI=1S/C27H28F4O6/c1-4-26(3,25(34)35)15(2)13-37-24(33)20-12-22(32)18-7-5-6-8-19(18)23(20)36-14-16-9-10-17(11-21(16)28)27(29,30)31/h5-11,15,22,32H,4,12-14H2,1-3H3,(H,34,35). The minimum atomic E-state index is -4.70. The van der Waals surface area contributed by atoms with E-state index in [1.54, 1.807) is 45.0 Å². The Bertz CT molecular complexity index is 1210. The Labute approximate surface area is 211 Å². The van der Waals surface area contributed by atoms with Gasteiger partial charge in [-0.05, 0) is 31.0 Å². The fourth-order valence-electron chi connectivity index (χ4n) is 4.07. The number of carbonyl (C=O) groups is 2. The summed E-state index contributed by atoms with van der Waals surface area (Å²) >= 11 is 0. The van der Waals surface area contributed by atoms with Crippen LogP contribution in [0.3, 0.4) is 0 Å². The third-order valence-corrected chi connectivity index (χ3v) is 7.01. The van der Waals surface area contributed by atoms with E-state index in [9.17, 15) is 37.4 Å². The van der Waals surface area contributed by atoms with E-state index in [0.29, 0.717) is 23.6 Å². The number of aliphatic hydroxyl groups excluding tert-OH is 1. The minimum absolute atomic E-state index is 0.00865. The van der Waals surface area contributed by atoms with Crippen molar-refractivity contribution in [3.8, 4) is 0 Å². The molecule has 0 aromatic heterocycles. The Hall–Kier alpha value is -3.40. The van der Waals surface area contributed by atoms with E-state index in [-0.39, 0.29) is 29.9 Å². The van der Waals surface area contributed by atoms with Gasteiger partial charge in [-0.1, -0.05) is 44.2 Å². The number of fused-ring (bicyclic) bond motifs is 1. The number of aliphatic carboxylic acids is 1. The van der Waals surface area contributed by atoms with Crippen LogP contribution in [0.2, 0.25) is 0 Å². The van der Waals surface area contributed by atoms with Gasteiger partial charge in [0.25, 0.3) is 0 Å². The number of alkyl halides is 3. The van der Waals surface area contributed by atoms with Crippen LogP contribution < -0.4 is 0 Å². The van der Waals surface area contributed by atoms with Gasteiger partial charge in [0, 0.05) is 23.5 Å². The molecule has 200 valence electrons. The molecule has 3 rings (SSSR count). The number of benzene rings is 2. The number of esters is 1. The highest BCUT2D eigenvalue weighted by atomic mass is 19.4. The lowest BCUT2D eigenvalue weighted by atomic mass is 9.76. The molecule has 6 nitrogen and oxygen atoms in total. The molecule has 0 spiro atoms. The van der Waals surface area contributed by atoms with Crippen molar-refractivity contribution < 1.29 is 46.8 Å². The molecule has 0 amide bonds. The smallest absolute Gasteiger partial charge is 0.416 e. The van der Waals surface area contributed by atoms with Crippen molar-refractivity contribution >= 4 is 17.7 Å². The lowest BCUT2D eigenvalue weighted by Crippen LogP contribution is -2.37. The molecule has 0 aliphatic heterocycles. The van der Waals surface area contributed by atoms with Crippen molar-refractivity contribution in [1.82, 2.24) is 0 Å². The molecule has 0 saturated heterocycles. The Morgan fingerprint density at radius 3 is 2.43 bits per heavy atom. The summed E-state index contributed by atoms with van der Waals surface area (Å²) in [6.45, 7) is 4.23. The van der Waals surface area contributed by atoms with Gasteiger partial charge in [0.2, 0.25) is 0 Å². The molecule has 0 saturated carbocycles. The van der Waals surface area contributed by atoms with E-state index in [0.717, 1.165) is 12.1 Å². The number of halogens is 4. The van der Waals surface area contributed by atoms with Gasteiger partial charge < -0.3 is 19.7 Å². The van der Waals surface area contributed by atoms with Gasteiger partial charge in [-0.25, -0.2) is 9.18 Å². The first-order valence-electron chi connectivity index (χ1n) is 11.7. The summed E-state index contributed by atoms with van der Waals surface area (Å²) in [5.41, 5.74) is -1.66. The van der Waals surface area contributed by atoms with Gasteiger partial charge in [0.1, 0.15) is 18.2 Å². The second-order valence-corrected chi connectivity index (χ2v) is 9.28. The molecular weight excluding hydrogens is 496 g/mol. The number of rotatable bonds is 9. The largest absolute Gasteiger partial charge is 0.488 e. The number of aliphatic hydroxyl groups is 1. The molecule has 1 aliphatic carbocycles. The predicted molar refractivity (Wildman–Crippen MR) is 125 cm³/mol. The fourth-order valence-corrected chi connectivity index (χ4v) is 4.07. The van der Waals surface area contributed by atoms with Crippen molar-refractivity contribution in [2.75, 3.05) is 6.61 Å². The van der Waals surface area contributed by atoms with Crippen LogP contribution in [0, 0.1) is 17.2 Å². The Kier molecular flexibility index (Phi) is 8.32. The highest BCUT2D eigenvalue weighted by Crippen LogP contribution is 2.40. The van der Waals surface area contributed by atoms with Crippen molar-refractivity contribution in [3.63, 3.8) is 0 Å². The highest BCUT2D eigenvalue weighted by molar-refractivity contribution is 5.97. The van der Waals surface area contributed by atoms with Gasteiger partial charge in [0.15, 0.2) is 0 Å². The molecule has 37 heavy (non-hydrogen) atoms. The summed E-state index contributed by atoms with van der Waals surface area (Å²) in [6, 6.07) is 8.60. The second kappa shape index (κ2) is 10.9. The average Bonchev–Trinajstić information content (AvgIpc) is 2.85. The fraction of sp³-hybridized carbons (Fsp3) is 0.407. The van der Waals surface area contributed by atoms with Crippen LogP contribution in [-0.2, 0) is 31.8 Å². The first-order chi connectivity index (χ1) is 17.3. The van der Waals surface area contributed by atoms with E-state index in [1.165, 1.54) is 0 Å². The molecule has 2 aromatic carbocycles. The molecule has 2 N–H and O–H groups in total. The summed E-state index contributed by atoms with van der Waals surface area (Å²) < 4.78 is 64.2. The van der Waals surface area contributed by atoms with Gasteiger partial charge in [-0.2, -0.15) is 13.2 Å². The van der Waals surface area contributed by atoms with Crippen LogP contribution >= 0.6 is 0 Å².